The van der Waals surface area contributed by atoms with E-state index in [1.54, 1.807) is 30.5 Å². The molecule has 1 heterocycles. The van der Waals surface area contributed by atoms with E-state index < -0.39 is 0 Å². The number of hydrogen-bond acceptors (Lipinski definition) is 2. The number of nitrogens with one attached hydrogen (secondary N) is 2. The Kier molecular flexibility index (Phi) is 6.03. The molecule has 0 aliphatic heterocycles. The lowest BCUT2D eigenvalue weighted by Gasteiger charge is -2.07. The second kappa shape index (κ2) is 8.27. The number of carbonyl (C=O) groups is 1. The summed E-state index contributed by atoms with van der Waals surface area (Å²) in [5.74, 6) is 0. The molecule has 2 rings (SSSR count). The molecule has 0 aliphatic rings. The van der Waals surface area contributed by atoms with Crippen molar-refractivity contribution in [2.45, 2.75) is 19.3 Å². The third kappa shape index (κ3) is 5.83. The molecule has 5 heteroatoms. The van der Waals surface area contributed by atoms with Gasteiger partial charge in [0.1, 0.15) is 0 Å². The van der Waals surface area contributed by atoms with Crippen LogP contribution in [0.1, 0.15) is 18.4 Å². The number of benzene rings is 1. The van der Waals surface area contributed by atoms with Gasteiger partial charge in [-0.05, 0) is 55.2 Å². The first kappa shape index (κ1) is 15.3. The van der Waals surface area contributed by atoms with Gasteiger partial charge in [0.2, 0.25) is 0 Å². The van der Waals surface area contributed by atoms with Crippen LogP contribution in [0.3, 0.4) is 0 Å². The molecular formula is C16H18ClN3O. The average molecular weight is 304 g/mol. The Morgan fingerprint density at radius 3 is 2.67 bits per heavy atom. The monoisotopic (exact) mass is 303 g/mol. The van der Waals surface area contributed by atoms with Crippen LogP contribution in [-0.4, -0.2) is 17.6 Å². The summed E-state index contributed by atoms with van der Waals surface area (Å²) in [6.45, 7) is 0.652. The molecule has 1 aromatic heterocycles. The first-order valence-corrected chi connectivity index (χ1v) is 7.31. The number of nitrogens with zero attached hydrogens (tertiary/aromatic N) is 1. The highest BCUT2D eigenvalue weighted by Crippen LogP contribution is 2.13. The van der Waals surface area contributed by atoms with Gasteiger partial charge in [-0.1, -0.05) is 17.7 Å². The lowest BCUT2D eigenvalue weighted by Crippen LogP contribution is -2.29. The minimum atomic E-state index is -0.196. The fourth-order valence-corrected chi connectivity index (χ4v) is 2.04. The van der Waals surface area contributed by atoms with Gasteiger partial charge in [0.05, 0.1) is 0 Å². The molecule has 0 radical (unpaired) electrons. The molecule has 0 fully saturated rings. The third-order valence-electron chi connectivity index (χ3n) is 3.00. The second-order valence-corrected chi connectivity index (χ2v) is 5.14. The number of halogens is 1. The van der Waals surface area contributed by atoms with Crippen molar-refractivity contribution >= 4 is 23.3 Å². The molecule has 2 N–H and O–H groups in total. The maximum atomic E-state index is 11.7. The van der Waals surface area contributed by atoms with Crippen molar-refractivity contribution in [1.82, 2.24) is 10.3 Å². The highest BCUT2D eigenvalue weighted by atomic mass is 35.5. The normalized spacial score (nSPS) is 10.1. The molecule has 0 atom stereocenters. The lowest BCUT2D eigenvalue weighted by molar-refractivity contribution is 0.252. The summed E-state index contributed by atoms with van der Waals surface area (Å²) in [6, 6.07) is 10.8. The van der Waals surface area contributed by atoms with Crippen LogP contribution < -0.4 is 10.6 Å². The van der Waals surface area contributed by atoms with Gasteiger partial charge >= 0.3 is 6.03 Å². The quantitative estimate of drug-likeness (QED) is 0.796. The summed E-state index contributed by atoms with van der Waals surface area (Å²) in [6.07, 6.45) is 6.58. The number of aromatic nitrogens is 1. The molecule has 2 aromatic rings. The maximum absolute atomic E-state index is 11.7. The standard InChI is InChI=1S/C16H18ClN3O/c17-14-6-8-15(9-7-14)20-16(21)19-11-2-1-4-13-5-3-10-18-12-13/h3,5-10,12H,1-2,4,11H2,(H2,19,20,21). The summed E-state index contributed by atoms with van der Waals surface area (Å²) < 4.78 is 0. The van der Waals surface area contributed by atoms with Crippen molar-refractivity contribution in [1.29, 1.82) is 0 Å². The van der Waals surface area contributed by atoms with Gasteiger partial charge < -0.3 is 10.6 Å². The van der Waals surface area contributed by atoms with Crippen LogP contribution in [0.2, 0.25) is 5.02 Å². The number of rotatable bonds is 6. The fourth-order valence-electron chi connectivity index (χ4n) is 1.91. The van der Waals surface area contributed by atoms with Crippen molar-refractivity contribution in [3.63, 3.8) is 0 Å². The zero-order valence-corrected chi connectivity index (χ0v) is 12.4. The molecule has 0 aliphatic carbocycles. The largest absolute Gasteiger partial charge is 0.338 e. The smallest absolute Gasteiger partial charge is 0.319 e. The SMILES string of the molecule is O=C(NCCCCc1cccnc1)Nc1ccc(Cl)cc1. The van der Waals surface area contributed by atoms with Gasteiger partial charge in [-0.3, -0.25) is 4.98 Å². The van der Waals surface area contributed by atoms with Crippen molar-refractivity contribution in [2.24, 2.45) is 0 Å². The molecule has 0 bridgehead atoms. The van der Waals surface area contributed by atoms with Gasteiger partial charge in [0.25, 0.3) is 0 Å². The predicted octanol–water partition coefficient (Wildman–Crippen LogP) is 3.88. The Balaban J connectivity index is 1.60. The molecule has 2 amide bonds. The van der Waals surface area contributed by atoms with Gasteiger partial charge in [-0.25, -0.2) is 4.79 Å². The number of hydrogen-bond donors (Lipinski definition) is 2. The molecule has 21 heavy (non-hydrogen) atoms. The molecule has 0 saturated carbocycles. The Hall–Kier alpha value is -2.07. The Labute approximate surface area is 129 Å². The Morgan fingerprint density at radius 2 is 1.95 bits per heavy atom. The number of aryl methyl sites for hydroxylation is 1. The van der Waals surface area contributed by atoms with Gasteiger partial charge in [0, 0.05) is 29.6 Å². The van der Waals surface area contributed by atoms with Crippen LogP contribution in [0.5, 0.6) is 0 Å². The van der Waals surface area contributed by atoms with Crippen LogP contribution in [0, 0.1) is 0 Å². The van der Waals surface area contributed by atoms with E-state index in [-0.39, 0.29) is 6.03 Å². The van der Waals surface area contributed by atoms with Crippen LogP contribution in [0.15, 0.2) is 48.8 Å². The van der Waals surface area contributed by atoms with Crippen molar-refractivity contribution < 1.29 is 4.79 Å². The number of unbranched alkanes of at least 4 members (excludes halogenated alkanes) is 1. The summed E-state index contributed by atoms with van der Waals surface area (Å²) >= 11 is 5.78. The summed E-state index contributed by atoms with van der Waals surface area (Å²) in [4.78, 5) is 15.7. The molecule has 0 spiro atoms. The van der Waals surface area contributed by atoms with E-state index in [4.69, 9.17) is 11.6 Å². The number of anilines is 1. The lowest BCUT2D eigenvalue weighted by atomic mass is 10.1. The Bertz CT molecular complexity index is 557. The van der Waals surface area contributed by atoms with E-state index in [9.17, 15) is 4.79 Å². The molecule has 0 saturated heterocycles. The topological polar surface area (TPSA) is 54.0 Å². The molecule has 4 nitrogen and oxygen atoms in total. The van der Waals surface area contributed by atoms with Crippen LogP contribution in [0.4, 0.5) is 10.5 Å². The van der Waals surface area contributed by atoms with E-state index in [0.29, 0.717) is 11.6 Å². The van der Waals surface area contributed by atoms with Crippen LogP contribution >= 0.6 is 11.6 Å². The zero-order chi connectivity index (χ0) is 14.9. The molecule has 0 unspecified atom stereocenters. The van der Waals surface area contributed by atoms with Gasteiger partial charge in [-0.2, -0.15) is 0 Å². The van der Waals surface area contributed by atoms with E-state index in [1.807, 2.05) is 12.3 Å². The first-order chi connectivity index (χ1) is 10.2. The predicted molar refractivity (Wildman–Crippen MR) is 85.6 cm³/mol. The van der Waals surface area contributed by atoms with E-state index in [2.05, 4.69) is 21.7 Å². The summed E-state index contributed by atoms with van der Waals surface area (Å²) in [5, 5.41) is 6.24. The van der Waals surface area contributed by atoms with Crippen molar-refractivity contribution in [3.8, 4) is 0 Å². The van der Waals surface area contributed by atoms with E-state index >= 15 is 0 Å². The number of carbonyl (C=O) groups excluding carboxylic acids is 1. The summed E-state index contributed by atoms with van der Waals surface area (Å²) in [7, 11) is 0. The van der Waals surface area contributed by atoms with Crippen molar-refractivity contribution in [3.05, 3.63) is 59.4 Å². The third-order valence-corrected chi connectivity index (χ3v) is 3.25. The number of amides is 2. The van der Waals surface area contributed by atoms with Gasteiger partial charge in [0.15, 0.2) is 0 Å². The fraction of sp³-hybridized carbons (Fsp3) is 0.250. The second-order valence-electron chi connectivity index (χ2n) is 4.71. The molecule has 110 valence electrons. The number of pyridine rings is 1. The van der Waals surface area contributed by atoms with E-state index in [0.717, 1.165) is 24.9 Å². The van der Waals surface area contributed by atoms with Gasteiger partial charge in [-0.15, -0.1) is 0 Å². The minimum Gasteiger partial charge on any atom is -0.338 e. The molecular weight excluding hydrogens is 286 g/mol. The highest BCUT2D eigenvalue weighted by molar-refractivity contribution is 6.30. The van der Waals surface area contributed by atoms with Crippen molar-refractivity contribution in [2.75, 3.05) is 11.9 Å². The maximum Gasteiger partial charge on any atom is 0.319 e. The highest BCUT2D eigenvalue weighted by Gasteiger charge is 2.00. The van der Waals surface area contributed by atoms with Crippen LogP contribution in [0.25, 0.3) is 0 Å². The summed E-state index contributed by atoms with van der Waals surface area (Å²) in [5.41, 5.74) is 1.95. The van der Waals surface area contributed by atoms with E-state index in [1.165, 1.54) is 5.56 Å². The Morgan fingerprint density at radius 1 is 1.14 bits per heavy atom. The first-order valence-electron chi connectivity index (χ1n) is 6.93. The van der Waals surface area contributed by atoms with Crippen LogP contribution in [-0.2, 0) is 6.42 Å². The minimum absolute atomic E-state index is 0.196. The zero-order valence-electron chi connectivity index (χ0n) is 11.7. The average Bonchev–Trinajstić information content (AvgIpc) is 2.50. The molecule has 1 aromatic carbocycles. The number of urea groups is 1.